The zero-order valence-electron chi connectivity index (χ0n) is 17.1. The maximum Gasteiger partial charge on any atom is 0.335 e. The van der Waals surface area contributed by atoms with E-state index in [2.05, 4.69) is 41.2 Å². The summed E-state index contributed by atoms with van der Waals surface area (Å²) in [6, 6.07) is 15.2. The van der Waals surface area contributed by atoms with Crippen molar-refractivity contribution in [3.05, 3.63) is 84.0 Å². The molecule has 0 saturated heterocycles. The number of nitrogens with one attached hydrogen (secondary N) is 4. The predicted octanol–water partition coefficient (Wildman–Crippen LogP) is 2.40. The maximum absolute atomic E-state index is 14.2. The van der Waals surface area contributed by atoms with E-state index in [1.54, 1.807) is 42.3 Å². The number of rotatable bonds is 6. The highest BCUT2D eigenvalue weighted by Crippen LogP contribution is 2.18. The Kier molecular flexibility index (Phi) is 6.16. The first-order valence-corrected chi connectivity index (χ1v) is 9.66. The minimum Gasteiger partial charge on any atom is -0.333 e. The van der Waals surface area contributed by atoms with Gasteiger partial charge in [-0.2, -0.15) is 14.6 Å². The van der Waals surface area contributed by atoms with Gasteiger partial charge in [0.1, 0.15) is 5.82 Å². The van der Waals surface area contributed by atoms with Crippen LogP contribution in [-0.4, -0.2) is 30.8 Å². The Labute approximate surface area is 182 Å². The van der Waals surface area contributed by atoms with Crippen molar-refractivity contribution in [1.82, 2.24) is 35.5 Å². The average molecular weight is 433 g/mol. The fourth-order valence-corrected chi connectivity index (χ4v) is 2.85. The molecular formula is C21H20FN9O. The van der Waals surface area contributed by atoms with Crippen molar-refractivity contribution in [3.63, 3.8) is 0 Å². The van der Waals surface area contributed by atoms with Crippen LogP contribution >= 0.6 is 0 Å². The van der Waals surface area contributed by atoms with Gasteiger partial charge >= 0.3 is 6.03 Å². The number of carbonyl (C=O) groups is 1. The number of hydrogen-bond donors (Lipinski definition) is 4. The highest BCUT2D eigenvalue weighted by atomic mass is 19.1. The fourth-order valence-electron chi connectivity index (χ4n) is 2.85. The summed E-state index contributed by atoms with van der Waals surface area (Å²) >= 11 is 0. The summed E-state index contributed by atoms with van der Waals surface area (Å²) in [4.78, 5) is 23.0. The van der Waals surface area contributed by atoms with Gasteiger partial charge < -0.3 is 15.6 Å². The van der Waals surface area contributed by atoms with Crippen molar-refractivity contribution in [2.24, 2.45) is 12.1 Å². The van der Waals surface area contributed by atoms with Gasteiger partial charge in [-0.25, -0.2) is 20.2 Å². The number of anilines is 2. The standard InChI is InChI=1S/C21H20FN9O/c1-31-19(8-10-25-31)28-20-23-9-7-16(26-20)15-11-17(22)27-18(12-15)29-30-21(32)24-13-14-5-3-2-4-6-14/h2-12H,13H2,1H3,(H,27,29)(H,23,26,28)(H2,24,30,32). The van der Waals surface area contributed by atoms with Gasteiger partial charge in [-0.15, -0.1) is 0 Å². The van der Waals surface area contributed by atoms with Crippen molar-refractivity contribution in [1.29, 1.82) is 0 Å². The molecule has 3 heterocycles. The Morgan fingerprint density at radius 3 is 2.78 bits per heavy atom. The number of pyridine rings is 1. The number of benzene rings is 1. The lowest BCUT2D eigenvalue weighted by molar-refractivity contribution is 0.240. The average Bonchev–Trinajstić information content (AvgIpc) is 3.21. The van der Waals surface area contributed by atoms with Gasteiger partial charge in [0.15, 0.2) is 11.4 Å². The SMILES string of the molecule is Cn1nccc1Nc1nccc(-c2cc(F)[nH]/c(=N\NC(=O)NCc3ccccc3)c2)n1. The van der Waals surface area contributed by atoms with Gasteiger partial charge in [0.2, 0.25) is 5.95 Å². The summed E-state index contributed by atoms with van der Waals surface area (Å²) in [6.07, 6.45) is 3.20. The molecule has 4 rings (SSSR count). The van der Waals surface area contributed by atoms with E-state index in [-0.39, 0.29) is 5.49 Å². The van der Waals surface area contributed by atoms with Gasteiger partial charge in [0.05, 0.1) is 11.9 Å². The lowest BCUT2D eigenvalue weighted by Crippen LogP contribution is -2.33. The molecule has 0 atom stereocenters. The summed E-state index contributed by atoms with van der Waals surface area (Å²) in [5.74, 6) is 0.403. The highest BCUT2D eigenvalue weighted by molar-refractivity contribution is 5.73. The lowest BCUT2D eigenvalue weighted by Gasteiger charge is -2.07. The molecule has 4 aromatic rings. The predicted molar refractivity (Wildman–Crippen MR) is 116 cm³/mol. The van der Waals surface area contributed by atoms with E-state index in [0.717, 1.165) is 5.56 Å². The number of hydrogen-bond acceptors (Lipinski definition) is 6. The molecule has 0 saturated carbocycles. The van der Waals surface area contributed by atoms with Crippen molar-refractivity contribution in [2.75, 3.05) is 5.32 Å². The Bertz CT molecular complexity index is 1280. The largest absolute Gasteiger partial charge is 0.335 e. The minimum absolute atomic E-state index is 0.120. The molecule has 10 nitrogen and oxygen atoms in total. The smallest absolute Gasteiger partial charge is 0.333 e. The second kappa shape index (κ2) is 9.51. The molecule has 0 aliphatic rings. The molecule has 32 heavy (non-hydrogen) atoms. The quantitative estimate of drug-likeness (QED) is 0.275. The van der Waals surface area contributed by atoms with E-state index in [4.69, 9.17) is 0 Å². The molecule has 162 valence electrons. The van der Waals surface area contributed by atoms with Crippen LogP contribution in [0, 0.1) is 5.95 Å². The van der Waals surface area contributed by atoms with Gasteiger partial charge in [-0.05, 0) is 17.7 Å². The third-order valence-electron chi connectivity index (χ3n) is 4.41. The number of halogens is 1. The van der Waals surface area contributed by atoms with Crippen LogP contribution < -0.4 is 21.5 Å². The molecule has 0 aliphatic heterocycles. The van der Waals surface area contributed by atoms with Gasteiger partial charge in [-0.3, -0.25) is 4.68 Å². The van der Waals surface area contributed by atoms with E-state index in [0.29, 0.717) is 29.6 Å². The third kappa shape index (κ3) is 5.33. The molecule has 11 heteroatoms. The number of aromatic amines is 1. The normalized spacial score (nSPS) is 11.2. The zero-order chi connectivity index (χ0) is 22.3. The molecular weight excluding hydrogens is 413 g/mol. The Hall–Kier alpha value is -4.54. The molecule has 0 fully saturated rings. The molecule has 0 aliphatic carbocycles. The van der Waals surface area contributed by atoms with Crippen LogP contribution in [0.2, 0.25) is 0 Å². The molecule has 0 bridgehead atoms. The lowest BCUT2D eigenvalue weighted by atomic mass is 10.2. The van der Waals surface area contributed by atoms with Crippen molar-refractivity contribution < 1.29 is 9.18 Å². The van der Waals surface area contributed by atoms with Gasteiger partial charge in [0, 0.05) is 37.5 Å². The number of aryl methyl sites for hydroxylation is 1. The topological polar surface area (TPSA) is 125 Å². The molecule has 0 unspecified atom stereocenters. The summed E-state index contributed by atoms with van der Waals surface area (Å²) < 4.78 is 15.8. The van der Waals surface area contributed by atoms with Crippen molar-refractivity contribution in [2.45, 2.75) is 6.54 Å². The van der Waals surface area contributed by atoms with Crippen LogP contribution in [0.4, 0.5) is 21.0 Å². The Balaban J connectivity index is 1.48. The second-order valence-electron chi connectivity index (χ2n) is 6.72. The zero-order valence-corrected chi connectivity index (χ0v) is 17.1. The number of urea groups is 1. The van der Waals surface area contributed by atoms with Crippen molar-refractivity contribution >= 4 is 17.8 Å². The first-order chi connectivity index (χ1) is 15.6. The first kappa shape index (κ1) is 20.7. The first-order valence-electron chi connectivity index (χ1n) is 9.66. The van der Waals surface area contributed by atoms with E-state index in [1.807, 2.05) is 30.3 Å². The summed E-state index contributed by atoms with van der Waals surface area (Å²) in [7, 11) is 1.78. The fraction of sp³-hybridized carbons (Fsp3) is 0.0952. The molecule has 3 aromatic heterocycles. The maximum atomic E-state index is 14.2. The second-order valence-corrected chi connectivity index (χ2v) is 6.72. The van der Waals surface area contributed by atoms with Crippen LogP contribution in [0.25, 0.3) is 11.3 Å². The molecule has 2 amide bonds. The molecule has 0 spiro atoms. The number of H-pyrrole nitrogens is 1. The van der Waals surface area contributed by atoms with Crippen LogP contribution in [0.3, 0.4) is 0 Å². The molecule has 4 N–H and O–H groups in total. The minimum atomic E-state index is -0.632. The van der Waals surface area contributed by atoms with E-state index in [9.17, 15) is 9.18 Å². The van der Waals surface area contributed by atoms with Crippen LogP contribution in [0.15, 0.2) is 72.1 Å². The number of carbonyl (C=O) groups excluding carboxylic acids is 1. The van der Waals surface area contributed by atoms with E-state index in [1.165, 1.54) is 6.07 Å². The Morgan fingerprint density at radius 1 is 1.16 bits per heavy atom. The highest BCUT2D eigenvalue weighted by Gasteiger charge is 2.07. The number of nitrogens with zero attached hydrogens (tertiary/aromatic N) is 5. The van der Waals surface area contributed by atoms with E-state index < -0.39 is 12.0 Å². The summed E-state index contributed by atoms with van der Waals surface area (Å²) in [6.45, 7) is 0.341. The monoisotopic (exact) mass is 433 g/mol. The number of aromatic nitrogens is 5. The number of amides is 2. The van der Waals surface area contributed by atoms with Crippen molar-refractivity contribution in [3.8, 4) is 11.3 Å². The van der Waals surface area contributed by atoms with Crippen LogP contribution in [0.5, 0.6) is 0 Å². The summed E-state index contributed by atoms with van der Waals surface area (Å²) in [5.41, 5.74) is 4.35. The molecule has 1 aromatic carbocycles. The van der Waals surface area contributed by atoms with Crippen LogP contribution in [0.1, 0.15) is 5.56 Å². The van der Waals surface area contributed by atoms with Crippen LogP contribution in [-0.2, 0) is 13.6 Å². The molecule has 0 radical (unpaired) electrons. The van der Waals surface area contributed by atoms with E-state index >= 15 is 0 Å². The summed E-state index contributed by atoms with van der Waals surface area (Å²) in [5, 5.41) is 13.7. The third-order valence-corrected chi connectivity index (χ3v) is 4.41. The van der Waals surface area contributed by atoms with Gasteiger partial charge in [-0.1, -0.05) is 30.3 Å². The Morgan fingerprint density at radius 2 is 2.00 bits per heavy atom. The van der Waals surface area contributed by atoms with Gasteiger partial charge in [0.25, 0.3) is 0 Å².